The Morgan fingerprint density at radius 1 is 1.15 bits per heavy atom. The lowest BCUT2D eigenvalue weighted by molar-refractivity contribution is -0.0385. The van der Waals surface area contributed by atoms with Crippen molar-refractivity contribution >= 4 is 5.91 Å². The Labute approximate surface area is 201 Å². The summed E-state index contributed by atoms with van der Waals surface area (Å²) < 4.78 is 5.75. The van der Waals surface area contributed by atoms with Crippen molar-refractivity contribution in [2.45, 2.75) is 77.5 Å². The Balaban J connectivity index is 1.37. The van der Waals surface area contributed by atoms with E-state index in [-0.39, 0.29) is 11.5 Å². The van der Waals surface area contributed by atoms with Crippen LogP contribution < -0.4 is 5.32 Å². The normalized spacial score (nSPS) is 29.4. The molecule has 1 saturated heterocycles. The molecule has 33 heavy (non-hydrogen) atoms. The molecule has 0 unspecified atom stereocenters. The van der Waals surface area contributed by atoms with Gasteiger partial charge in [-0.15, -0.1) is 0 Å². The third-order valence-electron chi connectivity index (χ3n) is 8.66. The van der Waals surface area contributed by atoms with Gasteiger partial charge in [0.05, 0.1) is 5.60 Å². The molecule has 0 radical (unpaired) electrons. The van der Waals surface area contributed by atoms with E-state index in [1.807, 2.05) is 13.2 Å². The van der Waals surface area contributed by atoms with Gasteiger partial charge in [-0.2, -0.15) is 0 Å². The van der Waals surface area contributed by atoms with Crippen LogP contribution in [0.1, 0.15) is 86.8 Å². The molecule has 1 atom stereocenters. The van der Waals surface area contributed by atoms with Crippen molar-refractivity contribution in [3.05, 3.63) is 34.9 Å². The first kappa shape index (κ1) is 24.7. The minimum Gasteiger partial charge on any atom is -0.379 e. The largest absolute Gasteiger partial charge is 0.379 e. The van der Waals surface area contributed by atoms with Gasteiger partial charge in [0.15, 0.2) is 0 Å². The van der Waals surface area contributed by atoms with Crippen LogP contribution in [0.4, 0.5) is 0 Å². The minimum atomic E-state index is 0.0672. The summed E-state index contributed by atoms with van der Waals surface area (Å²) in [4.78, 5) is 18.0. The predicted molar refractivity (Wildman–Crippen MR) is 134 cm³/mol. The van der Waals surface area contributed by atoms with Crippen LogP contribution in [0.2, 0.25) is 0 Å². The highest BCUT2D eigenvalue weighted by Crippen LogP contribution is 2.42. The fourth-order valence-electron chi connectivity index (χ4n) is 6.26. The second-order valence-electron chi connectivity index (χ2n) is 11.6. The smallest absolute Gasteiger partial charge is 0.251 e. The summed E-state index contributed by atoms with van der Waals surface area (Å²) in [6.07, 6.45) is 7.15. The zero-order chi connectivity index (χ0) is 23.6. The molecule has 1 aromatic rings. The number of methoxy groups -OCH3 is 1. The fraction of sp³-hybridized carbons (Fsp3) is 0.750. The number of benzene rings is 1. The maximum absolute atomic E-state index is 12.9. The summed E-state index contributed by atoms with van der Waals surface area (Å²) in [6.45, 7) is 12.1. The molecule has 2 fully saturated rings. The molecule has 5 heteroatoms. The number of fused-ring (bicyclic) bond motifs is 1. The Bertz CT molecular complexity index is 807. The number of rotatable bonds is 7. The molecular formula is C28H45N3O2. The summed E-state index contributed by atoms with van der Waals surface area (Å²) >= 11 is 0. The van der Waals surface area contributed by atoms with Crippen LogP contribution in [0.3, 0.4) is 0 Å². The van der Waals surface area contributed by atoms with Gasteiger partial charge < -0.3 is 15.0 Å². The quantitative estimate of drug-likeness (QED) is 0.637. The summed E-state index contributed by atoms with van der Waals surface area (Å²) in [5.74, 6) is 1.99. The van der Waals surface area contributed by atoms with Crippen LogP contribution in [-0.4, -0.2) is 61.6 Å². The number of piperidine rings is 1. The lowest BCUT2D eigenvalue weighted by atomic mass is 9.79. The average Bonchev–Trinajstić information content (AvgIpc) is 3.17. The van der Waals surface area contributed by atoms with Gasteiger partial charge >= 0.3 is 0 Å². The van der Waals surface area contributed by atoms with E-state index in [4.69, 9.17) is 4.74 Å². The van der Waals surface area contributed by atoms with Gasteiger partial charge in [0.25, 0.3) is 5.91 Å². The Kier molecular flexibility index (Phi) is 7.82. The number of hydrogen-bond acceptors (Lipinski definition) is 4. The van der Waals surface area contributed by atoms with Gasteiger partial charge in [0.2, 0.25) is 0 Å². The van der Waals surface area contributed by atoms with Crippen molar-refractivity contribution < 1.29 is 9.53 Å². The van der Waals surface area contributed by atoms with Crippen molar-refractivity contribution in [1.82, 2.24) is 15.1 Å². The molecule has 2 heterocycles. The van der Waals surface area contributed by atoms with Gasteiger partial charge in [-0.3, -0.25) is 9.69 Å². The van der Waals surface area contributed by atoms with Gasteiger partial charge in [0.1, 0.15) is 0 Å². The zero-order valence-corrected chi connectivity index (χ0v) is 21.5. The number of carbonyl (C=O) groups excluding carboxylic acids is 1. The molecule has 2 aliphatic heterocycles. The highest BCUT2D eigenvalue weighted by atomic mass is 16.5. The molecule has 0 bridgehead atoms. The Morgan fingerprint density at radius 3 is 2.48 bits per heavy atom. The first-order valence-electron chi connectivity index (χ1n) is 13.2. The third-order valence-corrected chi connectivity index (χ3v) is 8.66. The Morgan fingerprint density at radius 2 is 1.85 bits per heavy atom. The number of nitrogens with zero attached hydrogens (tertiary/aromatic N) is 2. The molecular weight excluding hydrogens is 410 g/mol. The van der Waals surface area contributed by atoms with E-state index in [2.05, 4.69) is 55.1 Å². The average molecular weight is 456 g/mol. The number of likely N-dealkylation sites (tertiary alicyclic amines) is 1. The van der Waals surface area contributed by atoms with E-state index in [0.717, 1.165) is 57.0 Å². The first-order chi connectivity index (χ1) is 15.8. The van der Waals surface area contributed by atoms with E-state index in [0.29, 0.717) is 17.9 Å². The minimum absolute atomic E-state index is 0.0672. The van der Waals surface area contributed by atoms with Crippen molar-refractivity contribution in [3.8, 4) is 0 Å². The molecule has 184 valence electrons. The number of carbonyl (C=O) groups is 1. The van der Waals surface area contributed by atoms with Gasteiger partial charge in [-0.1, -0.05) is 19.9 Å². The van der Waals surface area contributed by atoms with Crippen LogP contribution >= 0.6 is 0 Å². The molecule has 0 spiro atoms. The molecule has 1 aliphatic carbocycles. The number of amides is 1. The van der Waals surface area contributed by atoms with E-state index >= 15 is 0 Å². The summed E-state index contributed by atoms with van der Waals surface area (Å²) in [6, 6.07) is 6.89. The van der Waals surface area contributed by atoms with Crippen molar-refractivity contribution in [1.29, 1.82) is 0 Å². The van der Waals surface area contributed by atoms with E-state index in [1.54, 1.807) is 0 Å². The molecule has 0 aromatic heterocycles. The maximum atomic E-state index is 12.9. The highest BCUT2D eigenvalue weighted by Gasteiger charge is 2.37. The van der Waals surface area contributed by atoms with Crippen LogP contribution in [0.15, 0.2) is 18.2 Å². The molecule has 1 N–H and O–H groups in total. The van der Waals surface area contributed by atoms with Crippen LogP contribution in [0, 0.1) is 17.8 Å². The molecule has 1 amide bonds. The second-order valence-corrected chi connectivity index (χ2v) is 11.6. The molecule has 5 nitrogen and oxygen atoms in total. The highest BCUT2D eigenvalue weighted by molar-refractivity contribution is 5.94. The van der Waals surface area contributed by atoms with Gasteiger partial charge in [-0.25, -0.2) is 0 Å². The van der Waals surface area contributed by atoms with Crippen molar-refractivity contribution in [2.75, 3.05) is 40.3 Å². The van der Waals surface area contributed by atoms with Crippen molar-refractivity contribution in [3.63, 3.8) is 0 Å². The van der Waals surface area contributed by atoms with Crippen LogP contribution in [0.25, 0.3) is 0 Å². The van der Waals surface area contributed by atoms with E-state index in [9.17, 15) is 4.79 Å². The molecule has 1 saturated carbocycles. The Hall–Kier alpha value is -1.43. The van der Waals surface area contributed by atoms with Crippen LogP contribution in [-0.2, 0) is 11.3 Å². The topological polar surface area (TPSA) is 44.8 Å². The summed E-state index contributed by atoms with van der Waals surface area (Å²) in [5, 5.41) is 3.22. The fourth-order valence-corrected chi connectivity index (χ4v) is 6.26. The SMILES string of the molecule is COC1(C)CCC(CN2Cc3cc(C(=O)NCC4CCN(C)CC4)ccc3[C@@H]2C(C)C)CC1. The second kappa shape index (κ2) is 10.5. The van der Waals surface area contributed by atoms with Crippen LogP contribution in [0.5, 0.6) is 0 Å². The predicted octanol–water partition coefficient (Wildman–Crippen LogP) is 4.87. The molecule has 4 rings (SSSR count). The monoisotopic (exact) mass is 455 g/mol. The lowest BCUT2D eigenvalue weighted by Gasteiger charge is -2.39. The van der Waals surface area contributed by atoms with Gasteiger partial charge in [0, 0.05) is 38.3 Å². The third kappa shape index (κ3) is 5.80. The van der Waals surface area contributed by atoms with E-state index in [1.165, 1.54) is 36.8 Å². The summed E-state index contributed by atoms with van der Waals surface area (Å²) in [5.41, 5.74) is 3.66. The molecule has 1 aromatic carbocycles. The zero-order valence-electron chi connectivity index (χ0n) is 21.5. The lowest BCUT2D eigenvalue weighted by Crippen LogP contribution is -2.37. The molecule has 3 aliphatic rings. The number of ether oxygens (including phenoxy) is 1. The standard InChI is InChI=1S/C28H45N3O2/c1-20(2)26-25-7-6-23(27(32)29-17-21-10-14-30(4)15-11-21)16-24(25)19-31(26)18-22-8-12-28(3,33-5)13-9-22/h6-7,16,20-22,26H,8-15,17-19H2,1-5H3,(H,29,32)/t22?,26-,28?/m0/s1. The van der Waals surface area contributed by atoms with E-state index < -0.39 is 0 Å². The number of nitrogens with one attached hydrogen (secondary N) is 1. The first-order valence-corrected chi connectivity index (χ1v) is 13.2. The van der Waals surface area contributed by atoms with Crippen molar-refractivity contribution in [2.24, 2.45) is 17.8 Å². The summed E-state index contributed by atoms with van der Waals surface area (Å²) in [7, 11) is 4.03. The van der Waals surface area contributed by atoms with Gasteiger partial charge in [-0.05, 0) is 107 Å². The number of hydrogen-bond donors (Lipinski definition) is 1. The maximum Gasteiger partial charge on any atom is 0.251 e.